The maximum atomic E-state index is 11.5. The quantitative estimate of drug-likeness (QED) is 0.538. The zero-order valence-corrected chi connectivity index (χ0v) is 7.49. The molecule has 0 aromatic carbocycles. The molecule has 0 fully saturated rings. The average molecular weight is 194 g/mol. The van der Waals surface area contributed by atoms with Gasteiger partial charge in [0.1, 0.15) is 6.10 Å². The summed E-state index contributed by atoms with van der Waals surface area (Å²) in [7, 11) is 0. The third kappa shape index (κ3) is 9.22. The van der Waals surface area contributed by atoms with Gasteiger partial charge in [-0.2, -0.15) is 13.2 Å². The molecule has 0 amide bonds. The van der Waals surface area contributed by atoms with E-state index in [1.54, 1.807) is 5.92 Å². The first-order valence-corrected chi connectivity index (χ1v) is 4.23. The molecule has 0 unspecified atom stereocenters. The molecule has 0 rings (SSSR count). The van der Waals surface area contributed by atoms with Crippen LogP contribution in [0.5, 0.6) is 0 Å². The first-order chi connectivity index (χ1) is 5.95. The number of aliphatic hydroxyl groups excluding tert-OH is 1. The van der Waals surface area contributed by atoms with Crippen LogP contribution in [0.3, 0.4) is 0 Å². The summed E-state index contributed by atoms with van der Waals surface area (Å²) in [6, 6.07) is 0. The Kier molecular flexibility index (Phi) is 5.56. The molecule has 0 radical (unpaired) electrons. The Balaban J connectivity index is 3.71. The summed E-state index contributed by atoms with van der Waals surface area (Å²) in [5, 5.41) is 8.97. The lowest BCUT2D eigenvalue weighted by Gasteiger charge is -2.01. The van der Waals surface area contributed by atoms with E-state index in [0.717, 1.165) is 18.8 Å². The summed E-state index contributed by atoms with van der Waals surface area (Å²) in [6.45, 7) is 1.98. The van der Waals surface area contributed by atoms with Crippen molar-refractivity contribution in [2.75, 3.05) is 0 Å². The Bertz CT molecular complexity index is 187. The van der Waals surface area contributed by atoms with Gasteiger partial charge >= 0.3 is 6.18 Å². The van der Waals surface area contributed by atoms with Crippen LogP contribution in [0, 0.1) is 11.8 Å². The summed E-state index contributed by atoms with van der Waals surface area (Å²) in [5.74, 6) is 2.81. The number of unbranched alkanes of at least 4 members (excludes halogenated alkanes) is 2. The van der Waals surface area contributed by atoms with E-state index in [2.05, 4.69) is 0 Å². The molecule has 13 heavy (non-hydrogen) atoms. The van der Waals surface area contributed by atoms with Crippen molar-refractivity contribution in [3.05, 3.63) is 0 Å². The summed E-state index contributed by atoms with van der Waals surface area (Å²) in [4.78, 5) is 0. The van der Waals surface area contributed by atoms with Crippen molar-refractivity contribution in [2.45, 2.75) is 44.9 Å². The molecule has 0 aromatic heterocycles. The number of rotatable bonds is 4. The maximum absolute atomic E-state index is 11.5. The largest absolute Gasteiger partial charge is 0.457 e. The SMILES string of the molecule is CCCCC[C@@H](O)C#CC(F)(F)F. The molecule has 0 aliphatic rings. The molecule has 0 aliphatic carbocycles. The van der Waals surface area contributed by atoms with Gasteiger partial charge in [0.05, 0.1) is 0 Å². The summed E-state index contributed by atoms with van der Waals surface area (Å²) < 4.78 is 34.6. The number of halogens is 3. The summed E-state index contributed by atoms with van der Waals surface area (Å²) >= 11 is 0. The van der Waals surface area contributed by atoms with Crippen molar-refractivity contribution in [3.63, 3.8) is 0 Å². The molecule has 1 N–H and O–H groups in total. The molecule has 76 valence electrons. The Morgan fingerprint density at radius 3 is 2.38 bits per heavy atom. The van der Waals surface area contributed by atoms with Gasteiger partial charge in [-0.3, -0.25) is 0 Å². The second-order valence-corrected chi connectivity index (χ2v) is 2.78. The second-order valence-electron chi connectivity index (χ2n) is 2.78. The molecule has 0 saturated carbocycles. The molecular formula is C9H13F3O. The Morgan fingerprint density at radius 2 is 1.92 bits per heavy atom. The van der Waals surface area contributed by atoms with E-state index in [4.69, 9.17) is 5.11 Å². The highest BCUT2D eigenvalue weighted by Gasteiger charge is 2.23. The molecule has 0 saturated heterocycles. The minimum Gasteiger partial charge on any atom is -0.380 e. The highest BCUT2D eigenvalue weighted by Crippen LogP contribution is 2.12. The van der Waals surface area contributed by atoms with Gasteiger partial charge in [0, 0.05) is 5.92 Å². The molecule has 0 aromatic rings. The molecular weight excluding hydrogens is 181 g/mol. The van der Waals surface area contributed by atoms with Crippen molar-refractivity contribution in [2.24, 2.45) is 0 Å². The van der Waals surface area contributed by atoms with Crippen LogP contribution < -0.4 is 0 Å². The van der Waals surface area contributed by atoms with Crippen LogP contribution in [0.2, 0.25) is 0 Å². The third-order valence-electron chi connectivity index (χ3n) is 1.46. The minimum atomic E-state index is -4.49. The van der Waals surface area contributed by atoms with Crippen LogP contribution in [-0.2, 0) is 0 Å². The highest BCUT2D eigenvalue weighted by molar-refractivity contribution is 5.09. The topological polar surface area (TPSA) is 20.2 Å². The second kappa shape index (κ2) is 5.87. The normalized spacial score (nSPS) is 13.3. The van der Waals surface area contributed by atoms with Crippen molar-refractivity contribution >= 4 is 0 Å². The van der Waals surface area contributed by atoms with E-state index in [9.17, 15) is 13.2 Å². The fourth-order valence-electron chi connectivity index (χ4n) is 0.825. The fourth-order valence-corrected chi connectivity index (χ4v) is 0.825. The number of hydrogen-bond acceptors (Lipinski definition) is 1. The van der Waals surface area contributed by atoms with Crippen LogP contribution in [0.4, 0.5) is 13.2 Å². The van der Waals surface area contributed by atoms with Gasteiger partial charge in [0.2, 0.25) is 0 Å². The first-order valence-electron chi connectivity index (χ1n) is 4.23. The van der Waals surface area contributed by atoms with Gasteiger partial charge in [0.15, 0.2) is 0 Å². The zero-order chi connectivity index (χ0) is 10.3. The van der Waals surface area contributed by atoms with Crippen molar-refractivity contribution in [1.29, 1.82) is 0 Å². The Labute approximate surface area is 75.9 Å². The predicted molar refractivity (Wildman–Crippen MR) is 44.0 cm³/mol. The van der Waals surface area contributed by atoms with Gasteiger partial charge in [0.25, 0.3) is 0 Å². The van der Waals surface area contributed by atoms with E-state index in [1.807, 2.05) is 6.92 Å². The van der Waals surface area contributed by atoms with Crippen LogP contribution in [0.1, 0.15) is 32.6 Å². The van der Waals surface area contributed by atoms with Crippen LogP contribution in [0.15, 0.2) is 0 Å². The molecule has 1 atom stereocenters. The Morgan fingerprint density at radius 1 is 1.31 bits per heavy atom. The maximum Gasteiger partial charge on any atom is 0.457 e. The van der Waals surface area contributed by atoms with Gasteiger partial charge in [-0.05, 0) is 12.8 Å². The molecule has 1 nitrogen and oxygen atoms in total. The fraction of sp³-hybridized carbons (Fsp3) is 0.778. The lowest BCUT2D eigenvalue weighted by atomic mass is 10.1. The monoisotopic (exact) mass is 194 g/mol. The van der Waals surface area contributed by atoms with Crippen molar-refractivity contribution in [3.8, 4) is 11.8 Å². The van der Waals surface area contributed by atoms with E-state index in [-0.39, 0.29) is 0 Å². The highest BCUT2D eigenvalue weighted by atomic mass is 19.4. The standard InChI is InChI=1S/C9H13F3O/c1-2-3-4-5-8(13)6-7-9(10,11)12/h8,13H,2-5H2,1H3/t8-/m1/s1. The number of aliphatic hydroxyl groups is 1. The van der Waals surface area contributed by atoms with Crippen LogP contribution in [0.25, 0.3) is 0 Å². The van der Waals surface area contributed by atoms with Gasteiger partial charge < -0.3 is 5.11 Å². The van der Waals surface area contributed by atoms with E-state index in [1.165, 1.54) is 0 Å². The van der Waals surface area contributed by atoms with Gasteiger partial charge in [-0.1, -0.05) is 25.7 Å². The molecule has 0 aliphatic heterocycles. The smallest absolute Gasteiger partial charge is 0.380 e. The van der Waals surface area contributed by atoms with Crippen LogP contribution in [-0.4, -0.2) is 17.4 Å². The molecule has 0 bridgehead atoms. The van der Waals surface area contributed by atoms with E-state index >= 15 is 0 Å². The summed E-state index contributed by atoms with van der Waals surface area (Å²) in [6.07, 6.45) is -2.73. The molecule has 0 spiro atoms. The molecule has 0 heterocycles. The lowest BCUT2D eigenvalue weighted by molar-refractivity contribution is -0.0700. The van der Waals surface area contributed by atoms with E-state index < -0.39 is 12.3 Å². The first kappa shape index (κ1) is 12.3. The van der Waals surface area contributed by atoms with E-state index in [0.29, 0.717) is 12.8 Å². The number of hydrogen-bond donors (Lipinski definition) is 1. The number of alkyl halides is 3. The van der Waals surface area contributed by atoms with Gasteiger partial charge in [-0.25, -0.2) is 0 Å². The Hall–Kier alpha value is -0.690. The minimum absolute atomic E-state index is 0.316. The lowest BCUT2D eigenvalue weighted by Crippen LogP contribution is -2.07. The zero-order valence-electron chi connectivity index (χ0n) is 7.49. The predicted octanol–water partition coefficient (Wildman–Crippen LogP) is 2.49. The van der Waals surface area contributed by atoms with Crippen molar-refractivity contribution < 1.29 is 18.3 Å². The van der Waals surface area contributed by atoms with Gasteiger partial charge in [-0.15, -0.1) is 0 Å². The summed E-state index contributed by atoms with van der Waals surface area (Å²) in [5.41, 5.74) is 0. The molecule has 4 heteroatoms. The van der Waals surface area contributed by atoms with Crippen LogP contribution >= 0.6 is 0 Å². The third-order valence-corrected chi connectivity index (χ3v) is 1.46. The average Bonchev–Trinajstić information content (AvgIpc) is 2.00. The van der Waals surface area contributed by atoms with Crippen molar-refractivity contribution in [1.82, 2.24) is 0 Å².